The van der Waals surface area contributed by atoms with Crippen molar-refractivity contribution in [3.05, 3.63) is 52.8 Å². The van der Waals surface area contributed by atoms with E-state index in [1.807, 2.05) is 6.07 Å². The Kier molecular flexibility index (Phi) is 2.45. The Hall–Kier alpha value is -2.82. The van der Waals surface area contributed by atoms with Crippen LogP contribution in [0.25, 0.3) is 22.3 Å². The van der Waals surface area contributed by atoms with Gasteiger partial charge in [0.05, 0.1) is 16.6 Å². The summed E-state index contributed by atoms with van der Waals surface area (Å²) in [5, 5.41) is 10.1. The molecule has 5 heteroatoms. The van der Waals surface area contributed by atoms with E-state index < -0.39 is 0 Å². The molecule has 0 amide bonds. The molecule has 94 valence electrons. The highest BCUT2D eigenvalue weighted by atomic mass is 16.3. The van der Waals surface area contributed by atoms with Gasteiger partial charge in [0.25, 0.3) is 5.56 Å². The number of nitrogen functional groups attached to an aromatic ring is 1. The lowest BCUT2D eigenvalue weighted by atomic mass is 10.1. The van der Waals surface area contributed by atoms with Gasteiger partial charge in [-0.1, -0.05) is 12.1 Å². The minimum absolute atomic E-state index is 0.0340. The molecule has 0 aliphatic carbocycles. The molecular formula is C14H11N3O2. The summed E-state index contributed by atoms with van der Waals surface area (Å²) >= 11 is 0. The topological polar surface area (TPSA) is 92.0 Å². The Bertz CT molecular complexity index is 824. The number of fused-ring (bicyclic) bond motifs is 1. The van der Waals surface area contributed by atoms with E-state index in [2.05, 4.69) is 9.97 Å². The standard InChI is InChI=1S/C14H11N3O2/c15-10-6-5-8(7-12(10)18)13-16-11-4-2-1-3-9(11)14(19)17-13/h1-7,18H,15H2,(H,16,17,19). The summed E-state index contributed by atoms with van der Waals surface area (Å²) < 4.78 is 0. The van der Waals surface area contributed by atoms with Crippen LogP contribution in [0.3, 0.4) is 0 Å². The lowest BCUT2D eigenvalue weighted by Crippen LogP contribution is -2.09. The molecule has 2 aromatic carbocycles. The van der Waals surface area contributed by atoms with Crippen LogP contribution < -0.4 is 11.3 Å². The second-order valence-electron chi connectivity index (χ2n) is 4.21. The van der Waals surface area contributed by atoms with E-state index in [-0.39, 0.29) is 17.0 Å². The third kappa shape index (κ3) is 1.91. The molecule has 0 saturated carbocycles. The van der Waals surface area contributed by atoms with Crippen molar-refractivity contribution < 1.29 is 5.11 Å². The molecule has 19 heavy (non-hydrogen) atoms. The molecule has 1 aromatic heterocycles. The summed E-state index contributed by atoms with van der Waals surface area (Å²) in [4.78, 5) is 19.0. The third-order valence-corrected chi connectivity index (χ3v) is 2.92. The number of aromatic hydroxyl groups is 1. The zero-order valence-corrected chi connectivity index (χ0v) is 9.92. The fourth-order valence-electron chi connectivity index (χ4n) is 1.91. The normalized spacial score (nSPS) is 10.7. The predicted octanol–water partition coefficient (Wildman–Crippen LogP) is 1.88. The average Bonchev–Trinajstić information content (AvgIpc) is 2.42. The average molecular weight is 253 g/mol. The smallest absolute Gasteiger partial charge is 0.259 e. The van der Waals surface area contributed by atoms with E-state index in [1.165, 1.54) is 6.07 Å². The zero-order chi connectivity index (χ0) is 13.4. The van der Waals surface area contributed by atoms with Gasteiger partial charge in [-0.05, 0) is 30.3 Å². The van der Waals surface area contributed by atoms with Gasteiger partial charge in [0.2, 0.25) is 0 Å². The van der Waals surface area contributed by atoms with Gasteiger partial charge in [0, 0.05) is 5.56 Å². The molecule has 1 heterocycles. The second-order valence-corrected chi connectivity index (χ2v) is 4.21. The molecule has 0 fully saturated rings. The molecule has 0 spiro atoms. The van der Waals surface area contributed by atoms with Crippen LogP contribution in [-0.4, -0.2) is 15.1 Å². The van der Waals surface area contributed by atoms with Crippen LogP contribution in [0.4, 0.5) is 5.69 Å². The number of benzene rings is 2. The van der Waals surface area contributed by atoms with Crippen molar-refractivity contribution in [1.29, 1.82) is 0 Å². The maximum Gasteiger partial charge on any atom is 0.259 e. The number of para-hydroxylation sites is 1. The number of hydrogen-bond acceptors (Lipinski definition) is 4. The number of phenols is 1. The number of anilines is 1. The number of H-pyrrole nitrogens is 1. The zero-order valence-electron chi connectivity index (χ0n) is 9.92. The first-order chi connectivity index (χ1) is 9.15. The van der Waals surface area contributed by atoms with Crippen molar-refractivity contribution in [3.63, 3.8) is 0 Å². The predicted molar refractivity (Wildman–Crippen MR) is 73.9 cm³/mol. The van der Waals surface area contributed by atoms with Gasteiger partial charge in [-0.3, -0.25) is 4.79 Å². The van der Waals surface area contributed by atoms with Gasteiger partial charge in [-0.2, -0.15) is 0 Å². The third-order valence-electron chi connectivity index (χ3n) is 2.92. The number of rotatable bonds is 1. The number of aromatic amines is 1. The molecule has 0 radical (unpaired) electrons. The minimum Gasteiger partial charge on any atom is -0.506 e. The summed E-state index contributed by atoms with van der Waals surface area (Å²) in [6.45, 7) is 0. The van der Waals surface area contributed by atoms with Crippen molar-refractivity contribution in [2.45, 2.75) is 0 Å². The largest absolute Gasteiger partial charge is 0.506 e. The Morgan fingerprint density at radius 1 is 1.16 bits per heavy atom. The van der Waals surface area contributed by atoms with Gasteiger partial charge in [-0.25, -0.2) is 4.98 Å². The van der Waals surface area contributed by atoms with Crippen molar-refractivity contribution in [2.24, 2.45) is 0 Å². The number of phenolic OH excluding ortho intramolecular Hbond substituents is 1. The molecule has 5 nitrogen and oxygen atoms in total. The maximum atomic E-state index is 11.9. The monoisotopic (exact) mass is 253 g/mol. The maximum absolute atomic E-state index is 11.9. The second kappa shape index (κ2) is 4.13. The first-order valence-corrected chi connectivity index (χ1v) is 5.73. The fraction of sp³-hybridized carbons (Fsp3) is 0. The lowest BCUT2D eigenvalue weighted by Gasteiger charge is -2.05. The quantitative estimate of drug-likeness (QED) is 0.456. The summed E-state index contributed by atoms with van der Waals surface area (Å²) in [6.07, 6.45) is 0. The molecule has 0 unspecified atom stereocenters. The van der Waals surface area contributed by atoms with Crippen LogP contribution in [0, 0.1) is 0 Å². The molecule has 0 aliphatic heterocycles. The van der Waals surface area contributed by atoms with Crippen molar-refractivity contribution >= 4 is 16.6 Å². The molecule has 0 bridgehead atoms. The lowest BCUT2D eigenvalue weighted by molar-refractivity contribution is 0.478. The summed E-state index contributed by atoms with van der Waals surface area (Å²) in [6, 6.07) is 11.8. The number of nitrogens with zero attached hydrogens (tertiary/aromatic N) is 1. The highest BCUT2D eigenvalue weighted by Gasteiger charge is 2.07. The van der Waals surface area contributed by atoms with E-state index >= 15 is 0 Å². The van der Waals surface area contributed by atoms with Gasteiger partial charge in [0.15, 0.2) is 0 Å². The van der Waals surface area contributed by atoms with Crippen molar-refractivity contribution in [2.75, 3.05) is 5.73 Å². The van der Waals surface area contributed by atoms with Crippen LogP contribution in [-0.2, 0) is 0 Å². The summed E-state index contributed by atoms with van der Waals surface area (Å²) in [5.41, 5.74) is 6.83. The van der Waals surface area contributed by atoms with Gasteiger partial charge >= 0.3 is 0 Å². The van der Waals surface area contributed by atoms with Crippen LogP contribution in [0.5, 0.6) is 5.75 Å². The van der Waals surface area contributed by atoms with Crippen LogP contribution >= 0.6 is 0 Å². The van der Waals surface area contributed by atoms with E-state index in [1.54, 1.807) is 30.3 Å². The van der Waals surface area contributed by atoms with Crippen LogP contribution in [0.1, 0.15) is 0 Å². The molecule has 3 aromatic rings. The molecular weight excluding hydrogens is 242 g/mol. The molecule has 0 aliphatic rings. The first kappa shape index (κ1) is 11.3. The summed E-state index contributed by atoms with van der Waals surface area (Å²) in [5.74, 6) is 0.368. The number of aromatic nitrogens is 2. The summed E-state index contributed by atoms with van der Waals surface area (Å²) in [7, 11) is 0. The van der Waals surface area contributed by atoms with Gasteiger partial charge in [0.1, 0.15) is 11.6 Å². The highest BCUT2D eigenvalue weighted by molar-refractivity contribution is 5.79. The van der Waals surface area contributed by atoms with Crippen molar-refractivity contribution in [3.8, 4) is 17.1 Å². The molecule has 4 N–H and O–H groups in total. The van der Waals surface area contributed by atoms with E-state index in [0.29, 0.717) is 22.3 Å². The Morgan fingerprint density at radius 2 is 1.95 bits per heavy atom. The van der Waals surface area contributed by atoms with E-state index in [9.17, 15) is 9.90 Å². The number of nitrogens with two attached hydrogens (primary N) is 1. The fourth-order valence-corrected chi connectivity index (χ4v) is 1.91. The van der Waals surface area contributed by atoms with Crippen LogP contribution in [0.2, 0.25) is 0 Å². The number of hydrogen-bond donors (Lipinski definition) is 3. The Labute approximate surface area is 108 Å². The SMILES string of the molecule is Nc1ccc(-c2nc3ccccc3c(=O)[nH]2)cc1O. The number of nitrogens with one attached hydrogen (secondary N) is 1. The molecule has 3 rings (SSSR count). The molecule has 0 saturated heterocycles. The van der Waals surface area contributed by atoms with Crippen LogP contribution in [0.15, 0.2) is 47.3 Å². The highest BCUT2D eigenvalue weighted by Crippen LogP contribution is 2.25. The van der Waals surface area contributed by atoms with Gasteiger partial charge in [-0.15, -0.1) is 0 Å². The van der Waals surface area contributed by atoms with E-state index in [4.69, 9.17) is 5.73 Å². The first-order valence-electron chi connectivity index (χ1n) is 5.73. The Morgan fingerprint density at radius 3 is 2.74 bits per heavy atom. The Balaban J connectivity index is 2.25. The minimum atomic E-state index is -0.211. The van der Waals surface area contributed by atoms with Gasteiger partial charge < -0.3 is 15.8 Å². The van der Waals surface area contributed by atoms with E-state index in [0.717, 1.165) is 0 Å². The molecule has 0 atom stereocenters. The van der Waals surface area contributed by atoms with Crippen molar-refractivity contribution in [1.82, 2.24) is 9.97 Å².